The maximum atomic E-state index is 12.2. The van der Waals surface area contributed by atoms with Crippen molar-refractivity contribution in [1.82, 2.24) is 4.90 Å². The lowest BCUT2D eigenvalue weighted by Crippen LogP contribution is -2.55. The molecule has 1 heterocycles. The van der Waals surface area contributed by atoms with Gasteiger partial charge in [0.1, 0.15) is 11.6 Å². The van der Waals surface area contributed by atoms with E-state index in [0.29, 0.717) is 12.8 Å². The lowest BCUT2D eigenvalue weighted by Gasteiger charge is -2.36. The van der Waals surface area contributed by atoms with Crippen LogP contribution in [0.3, 0.4) is 0 Å². The van der Waals surface area contributed by atoms with Crippen LogP contribution >= 0.6 is 0 Å². The number of carbonyl (C=O) groups is 2. The molecular formula is C13H21NO5. The standard InChI is InChI=1S/C13H21NO5/c1-13(2,3)19-12(17)14-8-5-7(6-9(8)15)10(14)11(16)18-4/h7-10,15H,5-6H2,1-4H3/t7-,8+,9+,10-/m0/s1. The van der Waals surface area contributed by atoms with E-state index < -0.39 is 29.8 Å². The summed E-state index contributed by atoms with van der Waals surface area (Å²) in [5.41, 5.74) is -0.634. The summed E-state index contributed by atoms with van der Waals surface area (Å²) in [5, 5.41) is 9.91. The second-order valence-electron chi connectivity index (χ2n) is 6.22. The van der Waals surface area contributed by atoms with E-state index in [1.165, 1.54) is 12.0 Å². The number of aliphatic hydroxyl groups excluding tert-OH is 1. The normalized spacial score (nSPS) is 33.4. The molecule has 4 atom stereocenters. The second kappa shape index (κ2) is 4.67. The van der Waals surface area contributed by atoms with Gasteiger partial charge in [0.25, 0.3) is 0 Å². The number of ether oxygens (including phenoxy) is 2. The average Bonchev–Trinajstić information content (AvgIpc) is 2.81. The molecule has 6 nitrogen and oxygen atoms in total. The van der Waals surface area contributed by atoms with Crippen LogP contribution in [0.1, 0.15) is 33.6 Å². The first-order chi connectivity index (χ1) is 8.74. The molecule has 6 heteroatoms. The van der Waals surface area contributed by atoms with Gasteiger partial charge in [0.05, 0.1) is 19.3 Å². The summed E-state index contributed by atoms with van der Waals surface area (Å²) < 4.78 is 10.1. The zero-order valence-corrected chi connectivity index (χ0v) is 11.8. The number of nitrogens with zero attached hydrogens (tertiary/aromatic N) is 1. The number of carbonyl (C=O) groups excluding carboxylic acids is 2. The molecule has 2 rings (SSSR count). The van der Waals surface area contributed by atoms with Gasteiger partial charge in [-0.05, 0) is 39.5 Å². The Morgan fingerprint density at radius 3 is 2.42 bits per heavy atom. The molecule has 1 amide bonds. The highest BCUT2D eigenvalue weighted by Crippen LogP contribution is 2.43. The van der Waals surface area contributed by atoms with E-state index in [0.717, 1.165) is 0 Å². The third kappa shape index (κ3) is 2.54. The summed E-state index contributed by atoms with van der Waals surface area (Å²) in [6.07, 6.45) is 0.0109. The molecule has 1 saturated carbocycles. The highest BCUT2D eigenvalue weighted by Gasteiger charge is 2.56. The van der Waals surface area contributed by atoms with E-state index in [4.69, 9.17) is 9.47 Å². The van der Waals surface area contributed by atoms with Crippen molar-refractivity contribution in [3.63, 3.8) is 0 Å². The molecule has 0 radical (unpaired) electrons. The summed E-state index contributed by atoms with van der Waals surface area (Å²) in [5.74, 6) is -0.481. The van der Waals surface area contributed by atoms with Crippen molar-refractivity contribution < 1.29 is 24.2 Å². The largest absolute Gasteiger partial charge is 0.467 e. The van der Waals surface area contributed by atoms with Crippen molar-refractivity contribution >= 4 is 12.1 Å². The first kappa shape index (κ1) is 14.1. The van der Waals surface area contributed by atoms with Gasteiger partial charge in [-0.15, -0.1) is 0 Å². The van der Waals surface area contributed by atoms with Crippen LogP contribution in [-0.2, 0) is 14.3 Å². The van der Waals surface area contributed by atoms with Crippen LogP contribution in [0.2, 0.25) is 0 Å². The third-order valence-corrected chi connectivity index (χ3v) is 3.68. The van der Waals surface area contributed by atoms with Crippen molar-refractivity contribution in [2.24, 2.45) is 5.92 Å². The molecular weight excluding hydrogens is 250 g/mol. The average molecular weight is 271 g/mol. The van der Waals surface area contributed by atoms with Gasteiger partial charge in [-0.1, -0.05) is 0 Å². The number of aliphatic hydroxyl groups is 1. The van der Waals surface area contributed by atoms with Crippen LogP contribution in [0.15, 0.2) is 0 Å². The summed E-state index contributed by atoms with van der Waals surface area (Å²) in [4.78, 5) is 25.4. The van der Waals surface area contributed by atoms with E-state index in [9.17, 15) is 14.7 Å². The van der Waals surface area contributed by atoms with Gasteiger partial charge < -0.3 is 14.6 Å². The fraction of sp³-hybridized carbons (Fsp3) is 0.846. The topological polar surface area (TPSA) is 76.1 Å². The maximum Gasteiger partial charge on any atom is 0.411 e. The number of esters is 1. The Bertz CT molecular complexity index is 389. The van der Waals surface area contributed by atoms with E-state index in [1.807, 2.05) is 0 Å². The van der Waals surface area contributed by atoms with E-state index in [2.05, 4.69) is 0 Å². The Morgan fingerprint density at radius 1 is 1.26 bits per heavy atom. The molecule has 1 N–H and O–H groups in total. The van der Waals surface area contributed by atoms with Gasteiger partial charge in [-0.25, -0.2) is 9.59 Å². The monoisotopic (exact) mass is 271 g/mol. The fourth-order valence-corrected chi connectivity index (χ4v) is 3.01. The molecule has 2 fully saturated rings. The van der Waals surface area contributed by atoms with Crippen LogP contribution in [-0.4, -0.2) is 53.0 Å². The smallest absolute Gasteiger partial charge is 0.411 e. The van der Waals surface area contributed by atoms with Gasteiger partial charge in [0, 0.05) is 0 Å². The highest BCUT2D eigenvalue weighted by molar-refractivity contribution is 5.83. The molecule has 0 aromatic rings. The molecule has 1 aliphatic heterocycles. The quantitative estimate of drug-likeness (QED) is 0.718. The van der Waals surface area contributed by atoms with Gasteiger partial charge in [0.2, 0.25) is 0 Å². The number of amides is 1. The van der Waals surface area contributed by atoms with Gasteiger partial charge >= 0.3 is 12.1 Å². The summed E-state index contributed by atoms with van der Waals surface area (Å²) in [7, 11) is 1.30. The number of likely N-dealkylation sites (tertiary alicyclic amines) is 1. The van der Waals surface area contributed by atoms with E-state index >= 15 is 0 Å². The van der Waals surface area contributed by atoms with Gasteiger partial charge in [-0.2, -0.15) is 0 Å². The first-order valence-corrected chi connectivity index (χ1v) is 6.52. The maximum absolute atomic E-state index is 12.2. The van der Waals surface area contributed by atoms with E-state index in [1.54, 1.807) is 20.8 Å². The number of hydrogen-bond donors (Lipinski definition) is 1. The Morgan fingerprint density at radius 2 is 1.89 bits per heavy atom. The Kier molecular flexibility index (Phi) is 3.47. The summed E-state index contributed by atoms with van der Waals surface area (Å²) in [6.45, 7) is 5.30. The lowest BCUT2D eigenvalue weighted by molar-refractivity contribution is -0.149. The van der Waals surface area contributed by atoms with Crippen LogP contribution in [0, 0.1) is 5.92 Å². The van der Waals surface area contributed by atoms with Crippen LogP contribution in [0.25, 0.3) is 0 Å². The second-order valence-corrected chi connectivity index (χ2v) is 6.22. The number of hydrogen-bond acceptors (Lipinski definition) is 5. The zero-order valence-electron chi connectivity index (χ0n) is 11.8. The molecule has 108 valence electrons. The van der Waals surface area contributed by atoms with Crippen LogP contribution in [0.4, 0.5) is 4.79 Å². The zero-order chi connectivity index (χ0) is 14.4. The summed E-state index contributed by atoms with van der Waals surface area (Å²) >= 11 is 0. The SMILES string of the molecule is COC(=O)[C@@H]1[C@@H]2C[C@@H](O)[C@@H](C2)N1C(=O)OC(C)(C)C. The van der Waals surface area contributed by atoms with Crippen molar-refractivity contribution in [2.45, 2.75) is 57.4 Å². The molecule has 0 aromatic heterocycles. The minimum Gasteiger partial charge on any atom is -0.467 e. The minimum atomic E-state index is -0.634. The third-order valence-electron chi connectivity index (χ3n) is 3.68. The Labute approximate surface area is 112 Å². The number of rotatable bonds is 1. The number of fused-ring (bicyclic) bond motifs is 2. The number of piperidine rings is 1. The number of methoxy groups -OCH3 is 1. The first-order valence-electron chi connectivity index (χ1n) is 6.52. The molecule has 0 aromatic carbocycles. The fourth-order valence-electron chi connectivity index (χ4n) is 3.01. The molecule has 1 saturated heterocycles. The molecule has 0 spiro atoms. The van der Waals surface area contributed by atoms with Crippen LogP contribution < -0.4 is 0 Å². The summed E-state index contributed by atoms with van der Waals surface area (Å²) in [6, 6.07) is -0.975. The Hall–Kier alpha value is -1.30. The predicted octanol–water partition coefficient (Wildman–Crippen LogP) is 0.918. The Balaban J connectivity index is 2.20. The van der Waals surface area contributed by atoms with Crippen molar-refractivity contribution in [1.29, 1.82) is 0 Å². The molecule has 2 aliphatic rings. The lowest BCUT2D eigenvalue weighted by atomic mass is 9.98. The predicted molar refractivity (Wildman–Crippen MR) is 66.4 cm³/mol. The van der Waals surface area contributed by atoms with Crippen molar-refractivity contribution in [3.05, 3.63) is 0 Å². The van der Waals surface area contributed by atoms with E-state index in [-0.39, 0.29) is 12.0 Å². The van der Waals surface area contributed by atoms with Gasteiger partial charge in [-0.3, -0.25) is 4.90 Å². The molecule has 2 bridgehead atoms. The minimum absolute atomic E-state index is 0.0417. The van der Waals surface area contributed by atoms with Crippen molar-refractivity contribution in [2.75, 3.05) is 7.11 Å². The van der Waals surface area contributed by atoms with Crippen LogP contribution in [0.5, 0.6) is 0 Å². The van der Waals surface area contributed by atoms with Gasteiger partial charge in [0.15, 0.2) is 0 Å². The molecule has 19 heavy (non-hydrogen) atoms. The molecule has 0 unspecified atom stereocenters. The molecule has 1 aliphatic carbocycles. The highest BCUT2D eigenvalue weighted by atomic mass is 16.6. The van der Waals surface area contributed by atoms with Crippen molar-refractivity contribution in [3.8, 4) is 0 Å².